The summed E-state index contributed by atoms with van der Waals surface area (Å²) in [6.45, 7) is 5.99. The molecule has 0 aromatic heterocycles. The number of nitrogens with zero attached hydrogens (tertiary/aromatic N) is 1. The molecule has 0 bridgehead atoms. The van der Waals surface area contributed by atoms with Crippen molar-refractivity contribution in [3.63, 3.8) is 0 Å². The molecule has 1 aliphatic rings. The zero-order valence-electron chi connectivity index (χ0n) is 12.2. The smallest absolute Gasteiger partial charge is 0.0217 e. The molecule has 1 heterocycles. The Morgan fingerprint density at radius 2 is 1.50 bits per heavy atom. The van der Waals surface area contributed by atoms with Crippen molar-refractivity contribution in [2.75, 3.05) is 19.6 Å². The Balaban J connectivity index is 1.84. The van der Waals surface area contributed by atoms with Gasteiger partial charge in [0.25, 0.3) is 0 Å². The molecule has 2 aromatic carbocycles. The predicted molar refractivity (Wildman–Crippen MR) is 84.9 cm³/mol. The predicted octanol–water partition coefficient (Wildman–Crippen LogP) is 4.16. The van der Waals surface area contributed by atoms with Gasteiger partial charge in [0.2, 0.25) is 0 Å². The second-order valence-corrected chi connectivity index (χ2v) is 6.03. The first kappa shape index (κ1) is 13.4. The zero-order chi connectivity index (χ0) is 13.8. The van der Waals surface area contributed by atoms with Crippen LogP contribution in [0.2, 0.25) is 0 Å². The van der Waals surface area contributed by atoms with E-state index >= 15 is 0 Å². The van der Waals surface area contributed by atoms with Crippen LogP contribution in [-0.2, 0) is 0 Å². The summed E-state index contributed by atoms with van der Waals surface area (Å²) >= 11 is 0. The summed E-state index contributed by atoms with van der Waals surface area (Å²) in [5.74, 6) is 1.34. The highest BCUT2D eigenvalue weighted by Gasteiger charge is 2.23. The van der Waals surface area contributed by atoms with Gasteiger partial charge in [-0.2, -0.15) is 0 Å². The van der Waals surface area contributed by atoms with Gasteiger partial charge in [0.05, 0.1) is 0 Å². The Morgan fingerprint density at radius 3 is 1.95 bits per heavy atom. The lowest BCUT2D eigenvalue weighted by Crippen LogP contribution is -2.27. The van der Waals surface area contributed by atoms with Crippen molar-refractivity contribution in [2.45, 2.75) is 19.3 Å². The van der Waals surface area contributed by atoms with Crippen LogP contribution in [-0.4, -0.2) is 24.5 Å². The molecule has 1 aliphatic heterocycles. The summed E-state index contributed by atoms with van der Waals surface area (Å²) in [7, 11) is 0. The van der Waals surface area contributed by atoms with Gasteiger partial charge in [-0.15, -0.1) is 0 Å². The number of hydrogen-bond acceptors (Lipinski definition) is 1. The summed E-state index contributed by atoms with van der Waals surface area (Å²) in [5.41, 5.74) is 2.86. The van der Waals surface area contributed by atoms with E-state index in [1.807, 2.05) is 0 Å². The van der Waals surface area contributed by atoms with Crippen molar-refractivity contribution in [3.8, 4) is 0 Å². The van der Waals surface area contributed by atoms with Crippen molar-refractivity contribution in [2.24, 2.45) is 5.92 Å². The normalized spacial score (nSPS) is 19.6. The van der Waals surface area contributed by atoms with Crippen LogP contribution < -0.4 is 0 Å². The topological polar surface area (TPSA) is 3.24 Å². The van der Waals surface area contributed by atoms with Crippen molar-refractivity contribution >= 4 is 0 Å². The van der Waals surface area contributed by atoms with E-state index in [9.17, 15) is 0 Å². The van der Waals surface area contributed by atoms with Gasteiger partial charge in [0.1, 0.15) is 0 Å². The van der Waals surface area contributed by atoms with Crippen molar-refractivity contribution in [1.82, 2.24) is 4.90 Å². The van der Waals surface area contributed by atoms with E-state index in [1.54, 1.807) is 0 Å². The lowest BCUT2D eigenvalue weighted by Gasteiger charge is -2.24. The first-order valence-corrected chi connectivity index (χ1v) is 7.65. The molecular weight excluding hydrogens is 242 g/mol. The SMILES string of the molecule is CC1CCN(CC(c2ccccc2)c2ccccc2)C1. The molecule has 3 rings (SSSR count). The van der Waals surface area contributed by atoms with Crippen LogP contribution in [0.4, 0.5) is 0 Å². The van der Waals surface area contributed by atoms with Gasteiger partial charge in [-0.05, 0) is 30.0 Å². The molecule has 104 valence electrons. The minimum Gasteiger partial charge on any atom is -0.302 e. The van der Waals surface area contributed by atoms with E-state index in [-0.39, 0.29) is 0 Å². The Bertz CT molecular complexity index is 480. The van der Waals surface area contributed by atoms with Gasteiger partial charge >= 0.3 is 0 Å². The lowest BCUT2D eigenvalue weighted by molar-refractivity contribution is 0.317. The van der Waals surface area contributed by atoms with Gasteiger partial charge < -0.3 is 4.90 Å². The molecule has 0 saturated carbocycles. The molecule has 1 atom stereocenters. The number of likely N-dealkylation sites (tertiary alicyclic amines) is 1. The van der Waals surface area contributed by atoms with Crippen LogP contribution >= 0.6 is 0 Å². The molecule has 0 radical (unpaired) electrons. The first-order valence-electron chi connectivity index (χ1n) is 7.65. The quantitative estimate of drug-likeness (QED) is 0.802. The van der Waals surface area contributed by atoms with Gasteiger partial charge in [0.15, 0.2) is 0 Å². The van der Waals surface area contributed by atoms with Crippen LogP contribution in [0.3, 0.4) is 0 Å². The maximum atomic E-state index is 2.62. The second kappa shape index (κ2) is 6.23. The summed E-state index contributed by atoms with van der Waals surface area (Å²) in [6.07, 6.45) is 1.34. The average Bonchev–Trinajstić information content (AvgIpc) is 2.92. The van der Waals surface area contributed by atoms with Crippen LogP contribution in [0.5, 0.6) is 0 Å². The maximum absolute atomic E-state index is 2.62. The third-order valence-electron chi connectivity index (χ3n) is 4.35. The Labute approximate surface area is 122 Å². The van der Waals surface area contributed by atoms with Crippen LogP contribution in [0, 0.1) is 5.92 Å². The standard InChI is InChI=1S/C19H23N/c1-16-12-13-20(14-16)15-19(17-8-4-2-5-9-17)18-10-6-3-7-11-18/h2-11,16,19H,12-15H2,1H3. The van der Waals surface area contributed by atoms with Crippen molar-refractivity contribution in [3.05, 3.63) is 71.8 Å². The summed E-state index contributed by atoms with van der Waals surface area (Å²) < 4.78 is 0. The van der Waals surface area contributed by atoms with Crippen LogP contribution in [0.25, 0.3) is 0 Å². The minimum absolute atomic E-state index is 0.489. The largest absolute Gasteiger partial charge is 0.302 e. The molecule has 0 N–H and O–H groups in total. The lowest BCUT2D eigenvalue weighted by atomic mass is 9.91. The number of hydrogen-bond donors (Lipinski definition) is 0. The molecule has 1 heteroatoms. The molecule has 0 aliphatic carbocycles. The van der Waals surface area contributed by atoms with Crippen LogP contribution in [0.15, 0.2) is 60.7 Å². The molecule has 1 unspecified atom stereocenters. The molecular formula is C19H23N. The van der Waals surface area contributed by atoms with Gasteiger partial charge in [-0.1, -0.05) is 67.6 Å². The second-order valence-electron chi connectivity index (χ2n) is 6.03. The average molecular weight is 265 g/mol. The fourth-order valence-corrected chi connectivity index (χ4v) is 3.22. The highest BCUT2D eigenvalue weighted by molar-refractivity contribution is 5.32. The Hall–Kier alpha value is -1.60. The Kier molecular flexibility index (Phi) is 4.17. The minimum atomic E-state index is 0.489. The van der Waals surface area contributed by atoms with Crippen LogP contribution in [0.1, 0.15) is 30.4 Å². The maximum Gasteiger partial charge on any atom is 0.0217 e. The van der Waals surface area contributed by atoms with E-state index in [1.165, 1.54) is 30.6 Å². The monoisotopic (exact) mass is 265 g/mol. The zero-order valence-corrected chi connectivity index (χ0v) is 12.2. The Morgan fingerprint density at radius 1 is 0.950 bits per heavy atom. The number of benzene rings is 2. The molecule has 20 heavy (non-hydrogen) atoms. The number of rotatable bonds is 4. The fraction of sp³-hybridized carbons (Fsp3) is 0.368. The highest BCUT2D eigenvalue weighted by Crippen LogP contribution is 2.27. The molecule has 1 nitrogen and oxygen atoms in total. The van der Waals surface area contributed by atoms with E-state index in [0.717, 1.165) is 12.5 Å². The first-order chi connectivity index (χ1) is 9.83. The summed E-state index contributed by atoms with van der Waals surface area (Å²) in [5, 5.41) is 0. The molecule has 2 aromatic rings. The fourth-order valence-electron chi connectivity index (χ4n) is 3.22. The van der Waals surface area contributed by atoms with E-state index in [2.05, 4.69) is 72.5 Å². The van der Waals surface area contributed by atoms with Gasteiger partial charge in [-0.25, -0.2) is 0 Å². The van der Waals surface area contributed by atoms with Crippen molar-refractivity contribution < 1.29 is 0 Å². The van der Waals surface area contributed by atoms with E-state index in [0.29, 0.717) is 5.92 Å². The molecule has 0 amide bonds. The van der Waals surface area contributed by atoms with Gasteiger partial charge in [0, 0.05) is 19.0 Å². The molecule has 0 spiro atoms. The third-order valence-corrected chi connectivity index (χ3v) is 4.35. The van der Waals surface area contributed by atoms with E-state index < -0.39 is 0 Å². The summed E-state index contributed by atoms with van der Waals surface area (Å²) in [4.78, 5) is 2.62. The third kappa shape index (κ3) is 3.10. The van der Waals surface area contributed by atoms with Crippen molar-refractivity contribution in [1.29, 1.82) is 0 Å². The van der Waals surface area contributed by atoms with Gasteiger partial charge in [-0.3, -0.25) is 0 Å². The summed E-state index contributed by atoms with van der Waals surface area (Å²) in [6, 6.07) is 21.8. The van der Waals surface area contributed by atoms with E-state index in [4.69, 9.17) is 0 Å². The highest BCUT2D eigenvalue weighted by atomic mass is 15.1. The molecule has 1 saturated heterocycles. The molecule has 1 fully saturated rings.